The number of carbonyl (C=O) groups is 1. The standard InChI is InChI=1S/C17H30N2O/c1-5-11(4)14-17(20)19(16(18-14)10(2)3)15(12-6-7-12)13-8-9-13/h10-16,18H,5-9H2,1-4H3. The van der Waals surface area contributed by atoms with E-state index in [1.54, 1.807) is 0 Å². The van der Waals surface area contributed by atoms with Crippen LogP contribution < -0.4 is 5.32 Å². The molecule has 1 N–H and O–H groups in total. The smallest absolute Gasteiger partial charge is 0.241 e. The Bertz CT molecular complexity index is 361. The normalized spacial score (nSPS) is 32.5. The Kier molecular flexibility index (Phi) is 3.83. The number of amides is 1. The van der Waals surface area contributed by atoms with E-state index in [2.05, 4.69) is 37.9 Å². The van der Waals surface area contributed by atoms with Gasteiger partial charge in [0.1, 0.15) is 0 Å². The van der Waals surface area contributed by atoms with Gasteiger partial charge in [0.05, 0.1) is 12.2 Å². The van der Waals surface area contributed by atoms with E-state index < -0.39 is 0 Å². The molecular formula is C17H30N2O. The zero-order valence-corrected chi connectivity index (χ0v) is 13.4. The van der Waals surface area contributed by atoms with Gasteiger partial charge in [-0.2, -0.15) is 0 Å². The molecule has 3 unspecified atom stereocenters. The van der Waals surface area contributed by atoms with Gasteiger partial charge in [-0.15, -0.1) is 0 Å². The van der Waals surface area contributed by atoms with Crippen molar-refractivity contribution >= 4 is 5.91 Å². The van der Waals surface area contributed by atoms with Crippen molar-refractivity contribution in [3.63, 3.8) is 0 Å². The molecule has 0 bridgehead atoms. The lowest BCUT2D eigenvalue weighted by atomic mass is 9.98. The third kappa shape index (κ3) is 2.49. The first-order chi connectivity index (χ1) is 9.54. The second-order valence-corrected chi connectivity index (χ2v) is 7.63. The Balaban J connectivity index is 1.83. The van der Waals surface area contributed by atoms with E-state index in [0.717, 1.165) is 18.3 Å². The molecule has 0 spiro atoms. The fraction of sp³-hybridized carbons (Fsp3) is 0.941. The first-order valence-electron chi connectivity index (χ1n) is 8.62. The van der Waals surface area contributed by atoms with Gasteiger partial charge >= 0.3 is 0 Å². The molecule has 2 saturated carbocycles. The number of hydrogen-bond donors (Lipinski definition) is 1. The van der Waals surface area contributed by atoms with E-state index in [1.165, 1.54) is 25.7 Å². The maximum atomic E-state index is 13.0. The van der Waals surface area contributed by atoms with Gasteiger partial charge in [-0.3, -0.25) is 10.1 Å². The SMILES string of the molecule is CCC(C)C1NC(C(C)C)N(C(C2CC2)C2CC2)C1=O. The van der Waals surface area contributed by atoms with Gasteiger partial charge in [0, 0.05) is 6.04 Å². The van der Waals surface area contributed by atoms with E-state index in [-0.39, 0.29) is 12.2 Å². The van der Waals surface area contributed by atoms with Crippen LogP contribution in [0.1, 0.15) is 59.8 Å². The fourth-order valence-electron chi connectivity index (χ4n) is 3.84. The first kappa shape index (κ1) is 14.4. The van der Waals surface area contributed by atoms with E-state index in [1.807, 2.05) is 0 Å². The van der Waals surface area contributed by atoms with Crippen LogP contribution in [0.3, 0.4) is 0 Å². The Morgan fingerprint density at radius 3 is 2.10 bits per heavy atom. The molecule has 1 aliphatic heterocycles. The summed E-state index contributed by atoms with van der Waals surface area (Å²) in [7, 11) is 0. The summed E-state index contributed by atoms with van der Waals surface area (Å²) in [4.78, 5) is 15.3. The highest BCUT2D eigenvalue weighted by molar-refractivity contribution is 5.85. The number of rotatable bonds is 6. The van der Waals surface area contributed by atoms with Crippen LogP contribution in [0.15, 0.2) is 0 Å². The third-order valence-electron chi connectivity index (χ3n) is 5.55. The highest BCUT2D eigenvalue weighted by atomic mass is 16.2. The summed E-state index contributed by atoms with van der Waals surface area (Å²) in [6, 6.07) is 0.587. The topological polar surface area (TPSA) is 32.3 Å². The van der Waals surface area contributed by atoms with Gasteiger partial charge in [-0.1, -0.05) is 34.1 Å². The first-order valence-corrected chi connectivity index (χ1v) is 8.62. The maximum absolute atomic E-state index is 13.0. The lowest BCUT2D eigenvalue weighted by Crippen LogP contribution is -2.49. The molecule has 0 radical (unpaired) electrons. The van der Waals surface area contributed by atoms with Crippen molar-refractivity contribution in [2.75, 3.05) is 0 Å². The molecule has 114 valence electrons. The van der Waals surface area contributed by atoms with Crippen LogP contribution in [0.2, 0.25) is 0 Å². The van der Waals surface area contributed by atoms with Gasteiger partial charge in [0.2, 0.25) is 5.91 Å². The minimum absolute atomic E-state index is 0.0485. The van der Waals surface area contributed by atoms with Crippen LogP contribution in [-0.4, -0.2) is 29.1 Å². The molecule has 2 aliphatic carbocycles. The van der Waals surface area contributed by atoms with Gasteiger partial charge in [-0.05, 0) is 49.4 Å². The molecule has 20 heavy (non-hydrogen) atoms. The van der Waals surface area contributed by atoms with Crippen molar-refractivity contribution in [3.8, 4) is 0 Å². The predicted molar refractivity (Wildman–Crippen MR) is 81.1 cm³/mol. The van der Waals surface area contributed by atoms with Crippen molar-refractivity contribution in [2.45, 2.75) is 78.0 Å². The van der Waals surface area contributed by atoms with Crippen molar-refractivity contribution < 1.29 is 4.79 Å². The molecule has 3 rings (SSSR count). The Labute approximate surface area is 123 Å². The monoisotopic (exact) mass is 278 g/mol. The molecule has 3 heteroatoms. The molecule has 0 aromatic heterocycles. The second-order valence-electron chi connectivity index (χ2n) is 7.63. The summed E-state index contributed by atoms with van der Waals surface area (Å²) in [6.45, 7) is 8.88. The fourth-order valence-corrected chi connectivity index (χ4v) is 3.84. The van der Waals surface area contributed by atoms with Crippen LogP contribution >= 0.6 is 0 Å². The summed E-state index contributed by atoms with van der Waals surface area (Å²) < 4.78 is 0. The van der Waals surface area contributed by atoms with E-state index in [0.29, 0.717) is 23.8 Å². The van der Waals surface area contributed by atoms with E-state index >= 15 is 0 Å². The predicted octanol–water partition coefficient (Wildman–Crippen LogP) is 3.00. The molecule has 0 aromatic rings. The van der Waals surface area contributed by atoms with Crippen molar-refractivity contribution in [1.82, 2.24) is 10.2 Å². The van der Waals surface area contributed by atoms with Crippen molar-refractivity contribution in [1.29, 1.82) is 0 Å². The molecule has 3 nitrogen and oxygen atoms in total. The molecule has 1 heterocycles. The number of nitrogens with zero attached hydrogens (tertiary/aromatic N) is 1. The molecule has 0 aromatic carbocycles. The molecule has 3 fully saturated rings. The largest absolute Gasteiger partial charge is 0.322 e. The van der Waals surface area contributed by atoms with Crippen molar-refractivity contribution in [2.24, 2.45) is 23.7 Å². The lowest BCUT2D eigenvalue weighted by molar-refractivity contribution is -0.134. The van der Waals surface area contributed by atoms with Gasteiger partial charge in [0.15, 0.2) is 0 Å². The summed E-state index contributed by atoms with van der Waals surface area (Å²) in [5, 5.41) is 3.66. The zero-order chi connectivity index (χ0) is 14.4. The van der Waals surface area contributed by atoms with Crippen LogP contribution in [0, 0.1) is 23.7 Å². The van der Waals surface area contributed by atoms with Gasteiger partial charge < -0.3 is 4.90 Å². The summed E-state index contributed by atoms with van der Waals surface area (Å²) in [5.74, 6) is 2.91. The van der Waals surface area contributed by atoms with Crippen LogP contribution in [-0.2, 0) is 4.79 Å². The molecule has 3 atom stereocenters. The molecule has 1 amide bonds. The summed E-state index contributed by atoms with van der Waals surface area (Å²) >= 11 is 0. The highest BCUT2D eigenvalue weighted by Gasteiger charge is 2.53. The van der Waals surface area contributed by atoms with Gasteiger partial charge in [-0.25, -0.2) is 0 Å². The molecular weight excluding hydrogens is 248 g/mol. The zero-order valence-electron chi connectivity index (χ0n) is 13.4. The number of carbonyl (C=O) groups excluding carboxylic acids is 1. The third-order valence-corrected chi connectivity index (χ3v) is 5.55. The summed E-state index contributed by atoms with van der Waals surface area (Å²) in [5.41, 5.74) is 0. The Morgan fingerprint density at radius 1 is 1.15 bits per heavy atom. The Morgan fingerprint density at radius 2 is 1.70 bits per heavy atom. The second kappa shape index (κ2) is 5.32. The quantitative estimate of drug-likeness (QED) is 0.810. The highest BCUT2D eigenvalue weighted by Crippen LogP contribution is 2.49. The Hall–Kier alpha value is -0.570. The lowest BCUT2D eigenvalue weighted by Gasteiger charge is -2.35. The maximum Gasteiger partial charge on any atom is 0.241 e. The van der Waals surface area contributed by atoms with E-state index in [4.69, 9.17) is 0 Å². The minimum atomic E-state index is 0.0485. The summed E-state index contributed by atoms with van der Waals surface area (Å²) in [6.07, 6.45) is 6.67. The van der Waals surface area contributed by atoms with Crippen LogP contribution in [0.25, 0.3) is 0 Å². The average molecular weight is 278 g/mol. The molecule has 1 saturated heterocycles. The minimum Gasteiger partial charge on any atom is -0.322 e. The van der Waals surface area contributed by atoms with Crippen LogP contribution in [0.4, 0.5) is 0 Å². The van der Waals surface area contributed by atoms with Gasteiger partial charge in [0.25, 0.3) is 0 Å². The van der Waals surface area contributed by atoms with Crippen LogP contribution in [0.5, 0.6) is 0 Å². The molecule has 3 aliphatic rings. The van der Waals surface area contributed by atoms with E-state index in [9.17, 15) is 4.79 Å². The van der Waals surface area contributed by atoms with Crippen molar-refractivity contribution in [3.05, 3.63) is 0 Å². The number of nitrogens with one attached hydrogen (secondary N) is 1. The number of hydrogen-bond acceptors (Lipinski definition) is 2. The average Bonchev–Trinajstić information content (AvgIpc) is 3.30.